The predicted octanol–water partition coefficient (Wildman–Crippen LogP) is 22.5. The van der Waals surface area contributed by atoms with Crippen LogP contribution in [0.15, 0.2) is 24.3 Å². The molecule has 77 heavy (non-hydrogen) atoms. The number of carbonyl (C=O) groups is 2. The molecule has 0 aromatic rings. The maximum Gasteiger partial charge on any atom is 0.305 e. The zero-order chi connectivity index (χ0) is 55.7. The first-order chi connectivity index (χ1) is 38.0. The smallest absolute Gasteiger partial charge is 0.305 e. The third-order valence-electron chi connectivity index (χ3n) is 16.5. The van der Waals surface area contributed by atoms with E-state index in [0.29, 0.717) is 25.9 Å². The van der Waals surface area contributed by atoms with E-state index in [1.54, 1.807) is 0 Å². The van der Waals surface area contributed by atoms with Crippen LogP contribution in [0.3, 0.4) is 0 Å². The molecule has 0 aromatic carbocycles. The Bertz CT molecular complexity index is 1200. The maximum atomic E-state index is 12.5. The number of allylic oxidation sites excluding steroid dienone is 4. The molecular weight excluding hydrogens is 947 g/mol. The zero-order valence-corrected chi connectivity index (χ0v) is 52.2. The summed E-state index contributed by atoms with van der Waals surface area (Å²) in [5.74, 6) is -0.0209. The van der Waals surface area contributed by atoms with Crippen molar-refractivity contribution in [2.45, 2.75) is 405 Å². The molecular formula is C71H137NO5. The Balaban J connectivity index is 3.31. The first-order valence-electron chi connectivity index (χ1n) is 35.1. The lowest BCUT2D eigenvalue weighted by molar-refractivity contribution is -0.143. The van der Waals surface area contributed by atoms with Gasteiger partial charge in [0.2, 0.25) is 5.91 Å². The highest BCUT2D eigenvalue weighted by molar-refractivity contribution is 5.76. The average Bonchev–Trinajstić information content (AvgIpc) is 3.43. The first-order valence-corrected chi connectivity index (χ1v) is 35.1. The second kappa shape index (κ2) is 66.8. The number of amides is 1. The van der Waals surface area contributed by atoms with E-state index in [9.17, 15) is 19.8 Å². The molecule has 456 valence electrons. The molecule has 0 aromatic heterocycles. The summed E-state index contributed by atoms with van der Waals surface area (Å²) in [6.07, 6.45) is 83.8. The van der Waals surface area contributed by atoms with E-state index in [-0.39, 0.29) is 18.5 Å². The summed E-state index contributed by atoms with van der Waals surface area (Å²) >= 11 is 0. The van der Waals surface area contributed by atoms with Crippen LogP contribution in [-0.4, -0.2) is 47.4 Å². The van der Waals surface area contributed by atoms with E-state index in [2.05, 4.69) is 43.5 Å². The predicted molar refractivity (Wildman–Crippen MR) is 338 cm³/mol. The van der Waals surface area contributed by atoms with Crippen LogP contribution in [0.2, 0.25) is 0 Å². The summed E-state index contributed by atoms with van der Waals surface area (Å²) in [6, 6.07) is -0.537. The lowest BCUT2D eigenvalue weighted by Crippen LogP contribution is -2.45. The van der Waals surface area contributed by atoms with Crippen LogP contribution in [0, 0.1) is 0 Å². The molecule has 0 aliphatic rings. The van der Waals surface area contributed by atoms with Crippen molar-refractivity contribution in [3.05, 3.63) is 24.3 Å². The van der Waals surface area contributed by atoms with Crippen LogP contribution in [0.5, 0.6) is 0 Å². The SMILES string of the molecule is CCCC/C=C\C/C=C\CCCCCCCC(=O)OCCCCCCCCCCCCCCCCCCCCCCCCCCCCCCCCCCC(=O)NC(CO)C(O)CCCCCCCCCCCCCCCC. The highest BCUT2D eigenvalue weighted by Gasteiger charge is 2.20. The third-order valence-corrected chi connectivity index (χ3v) is 16.5. The van der Waals surface area contributed by atoms with Crippen LogP contribution in [0.25, 0.3) is 0 Å². The minimum absolute atomic E-state index is 0.00700. The van der Waals surface area contributed by atoms with Gasteiger partial charge in [0.1, 0.15) is 0 Å². The Morgan fingerprint density at radius 3 is 1.03 bits per heavy atom. The minimum atomic E-state index is -0.660. The van der Waals surface area contributed by atoms with Crippen LogP contribution in [0.1, 0.15) is 393 Å². The molecule has 3 N–H and O–H groups in total. The summed E-state index contributed by atoms with van der Waals surface area (Å²) < 4.78 is 5.48. The molecule has 0 fully saturated rings. The molecule has 0 spiro atoms. The quantitative estimate of drug-likeness (QED) is 0.0320. The number of aliphatic hydroxyl groups is 2. The van der Waals surface area contributed by atoms with Gasteiger partial charge in [-0.2, -0.15) is 0 Å². The number of unbranched alkanes of at least 4 members (excludes halogenated alkanes) is 51. The van der Waals surface area contributed by atoms with Gasteiger partial charge in [0.05, 0.1) is 25.4 Å². The number of ether oxygens (including phenoxy) is 1. The van der Waals surface area contributed by atoms with Crippen LogP contribution < -0.4 is 5.32 Å². The molecule has 6 heteroatoms. The molecule has 1 amide bonds. The Labute approximate surface area is 481 Å². The van der Waals surface area contributed by atoms with E-state index in [0.717, 1.165) is 51.4 Å². The average molecular weight is 1080 g/mol. The fourth-order valence-corrected chi connectivity index (χ4v) is 11.1. The molecule has 2 unspecified atom stereocenters. The van der Waals surface area contributed by atoms with Gasteiger partial charge in [-0.25, -0.2) is 0 Å². The molecule has 6 nitrogen and oxygen atoms in total. The fraction of sp³-hybridized carbons (Fsp3) is 0.915. The van der Waals surface area contributed by atoms with Crippen LogP contribution in [0.4, 0.5) is 0 Å². The van der Waals surface area contributed by atoms with Crippen molar-refractivity contribution in [3.63, 3.8) is 0 Å². The number of hydrogen-bond acceptors (Lipinski definition) is 5. The number of hydrogen-bond donors (Lipinski definition) is 3. The Morgan fingerprint density at radius 2 is 0.662 bits per heavy atom. The molecule has 0 aliphatic carbocycles. The van der Waals surface area contributed by atoms with E-state index < -0.39 is 12.1 Å². The topological polar surface area (TPSA) is 95.9 Å². The number of carbonyl (C=O) groups excluding carboxylic acids is 2. The monoisotopic (exact) mass is 1080 g/mol. The summed E-state index contributed by atoms with van der Waals surface area (Å²) in [6.45, 7) is 4.94. The summed E-state index contributed by atoms with van der Waals surface area (Å²) in [5.41, 5.74) is 0. The molecule has 0 rings (SSSR count). The molecule has 0 saturated carbocycles. The van der Waals surface area contributed by atoms with E-state index in [1.165, 1.54) is 308 Å². The minimum Gasteiger partial charge on any atom is -0.466 e. The Hall–Kier alpha value is -1.66. The van der Waals surface area contributed by atoms with Gasteiger partial charge in [-0.05, 0) is 51.4 Å². The third kappa shape index (κ3) is 63.4. The molecule has 0 aliphatic heterocycles. The van der Waals surface area contributed by atoms with E-state index in [4.69, 9.17) is 4.74 Å². The highest BCUT2D eigenvalue weighted by Crippen LogP contribution is 2.19. The Kier molecular flexibility index (Phi) is 65.4. The van der Waals surface area contributed by atoms with E-state index in [1.807, 2.05) is 0 Å². The summed E-state index contributed by atoms with van der Waals surface area (Å²) in [7, 11) is 0. The van der Waals surface area contributed by atoms with Crippen molar-refractivity contribution in [3.8, 4) is 0 Å². The maximum absolute atomic E-state index is 12.5. The molecule has 0 radical (unpaired) electrons. The molecule has 2 atom stereocenters. The lowest BCUT2D eigenvalue weighted by atomic mass is 10.0. The zero-order valence-electron chi connectivity index (χ0n) is 52.2. The van der Waals surface area contributed by atoms with Crippen LogP contribution in [-0.2, 0) is 14.3 Å². The largest absolute Gasteiger partial charge is 0.466 e. The van der Waals surface area contributed by atoms with Gasteiger partial charge >= 0.3 is 5.97 Å². The molecule has 0 saturated heterocycles. The van der Waals surface area contributed by atoms with Gasteiger partial charge in [-0.3, -0.25) is 9.59 Å². The normalized spacial score (nSPS) is 12.6. The van der Waals surface area contributed by atoms with Gasteiger partial charge in [-0.15, -0.1) is 0 Å². The number of rotatable bonds is 66. The van der Waals surface area contributed by atoms with Gasteiger partial charge in [-0.1, -0.05) is 353 Å². The van der Waals surface area contributed by atoms with Crippen molar-refractivity contribution in [2.75, 3.05) is 13.2 Å². The highest BCUT2D eigenvalue weighted by atomic mass is 16.5. The molecule has 0 bridgehead atoms. The summed E-state index contributed by atoms with van der Waals surface area (Å²) in [4.78, 5) is 24.5. The van der Waals surface area contributed by atoms with Gasteiger partial charge in [0.25, 0.3) is 0 Å². The standard InChI is InChI=1S/C71H137NO5/c1-3-5-7-9-11-13-15-17-39-43-47-51-55-59-63-69(74)68(67-73)72-70(75)64-60-56-52-48-44-40-37-35-33-31-29-27-25-23-21-19-20-22-24-26-28-30-32-34-36-38-42-46-50-54-58-62-66-77-71(76)65-61-57-53-49-45-41-18-16-14-12-10-8-6-4-2/h10,12,16,18,68-69,73-74H,3-9,11,13-15,17,19-67H2,1-2H3,(H,72,75)/b12-10-,18-16-. The Morgan fingerprint density at radius 1 is 0.364 bits per heavy atom. The van der Waals surface area contributed by atoms with Crippen molar-refractivity contribution < 1.29 is 24.5 Å². The molecule has 0 heterocycles. The van der Waals surface area contributed by atoms with Crippen molar-refractivity contribution in [2.24, 2.45) is 0 Å². The van der Waals surface area contributed by atoms with Crippen molar-refractivity contribution >= 4 is 11.9 Å². The lowest BCUT2D eigenvalue weighted by Gasteiger charge is -2.22. The van der Waals surface area contributed by atoms with Gasteiger partial charge < -0.3 is 20.3 Å². The van der Waals surface area contributed by atoms with Crippen LogP contribution >= 0.6 is 0 Å². The van der Waals surface area contributed by atoms with Crippen molar-refractivity contribution in [1.29, 1.82) is 0 Å². The fourth-order valence-electron chi connectivity index (χ4n) is 11.1. The van der Waals surface area contributed by atoms with Gasteiger partial charge in [0, 0.05) is 12.8 Å². The van der Waals surface area contributed by atoms with Crippen molar-refractivity contribution in [1.82, 2.24) is 5.32 Å². The second-order valence-electron chi connectivity index (χ2n) is 24.2. The first kappa shape index (κ1) is 75.3. The number of esters is 1. The van der Waals surface area contributed by atoms with Gasteiger partial charge in [0.15, 0.2) is 0 Å². The van der Waals surface area contributed by atoms with E-state index >= 15 is 0 Å². The number of aliphatic hydroxyl groups excluding tert-OH is 2. The second-order valence-corrected chi connectivity index (χ2v) is 24.2. The number of nitrogens with one attached hydrogen (secondary N) is 1. The summed E-state index contributed by atoms with van der Waals surface area (Å²) in [5, 5.41) is 23.3.